The summed E-state index contributed by atoms with van der Waals surface area (Å²) >= 11 is 0. The maximum absolute atomic E-state index is 13.0. The summed E-state index contributed by atoms with van der Waals surface area (Å²) in [5, 5.41) is 18.5. The van der Waals surface area contributed by atoms with Gasteiger partial charge in [-0.05, 0) is 63.4 Å². The highest BCUT2D eigenvalue weighted by molar-refractivity contribution is 5.22. The number of nitrogens with zero attached hydrogens (tertiary/aromatic N) is 2. The zero-order valence-corrected chi connectivity index (χ0v) is 14.8. The van der Waals surface area contributed by atoms with Gasteiger partial charge >= 0.3 is 0 Å². The van der Waals surface area contributed by atoms with Crippen LogP contribution in [0.25, 0.3) is 0 Å². The minimum atomic E-state index is -0.584. The molecule has 1 aromatic heterocycles. The van der Waals surface area contributed by atoms with Crippen molar-refractivity contribution in [3.05, 3.63) is 47.5 Å². The highest BCUT2D eigenvalue weighted by atomic mass is 19.1. The van der Waals surface area contributed by atoms with Crippen LogP contribution in [0.2, 0.25) is 0 Å². The van der Waals surface area contributed by atoms with Gasteiger partial charge < -0.3 is 15.2 Å². The van der Waals surface area contributed by atoms with E-state index in [0.717, 1.165) is 43.7 Å². The molecule has 6 heteroatoms. The van der Waals surface area contributed by atoms with E-state index in [2.05, 4.69) is 16.5 Å². The van der Waals surface area contributed by atoms with E-state index >= 15 is 0 Å². The van der Waals surface area contributed by atoms with E-state index in [9.17, 15) is 9.50 Å². The molecule has 0 saturated heterocycles. The average Bonchev–Trinajstić information content (AvgIpc) is 2.90. The molecule has 1 aromatic carbocycles. The Morgan fingerprint density at radius 3 is 2.72 bits per heavy atom. The van der Waals surface area contributed by atoms with Crippen LogP contribution in [-0.4, -0.2) is 39.7 Å². The summed E-state index contributed by atoms with van der Waals surface area (Å²) in [5.74, 6) is 0.300. The van der Waals surface area contributed by atoms with Crippen LogP contribution in [0.5, 0.6) is 5.75 Å². The molecule has 3 rings (SSSR count). The number of aryl methyl sites for hydroxylation is 2. The second-order valence-electron chi connectivity index (χ2n) is 6.74. The molecule has 1 heterocycles. The predicted molar refractivity (Wildman–Crippen MR) is 94.2 cm³/mol. The Balaban J connectivity index is 1.51. The van der Waals surface area contributed by atoms with Gasteiger partial charge in [0, 0.05) is 18.3 Å². The topological polar surface area (TPSA) is 59.3 Å². The van der Waals surface area contributed by atoms with Gasteiger partial charge in [0.25, 0.3) is 0 Å². The highest BCUT2D eigenvalue weighted by Gasteiger charge is 2.33. The Hall–Kier alpha value is -1.92. The predicted octanol–water partition coefficient (Wildman–Crippen LogP) is 2.59. The largest absolute Gasteiger partial charge is 0.488 e. The van der Waals surface area contributed by atoms with Crippen molar-refractivity contribution in [3.63, 3.8) is 0 Å². The quantitative estimate of drug-likeness (QED) is 0.843. The van der Waals surface area contributed by atoms with Crippen molar-refractivity contribution in [1.29, 1.82) is 0 Å². The first-order valence-electron chi connectivity index (χ1n) is 8.87. The molecule has 25 heavy (non-hydrogen) atoms. The van der Waals surface area contributed by atoms with E-state index in [1.807, 2.05) is 18.5 Å². The number of hydrogen-bond donors (Lipinski definition) is 2. The molecule has 1 fully saturated rings. The Morgan fingerprint density at radius 2 is 2.04 bits per heavy atom. The van der Waals surface area contributed by atoms with Crippen molar-refractivity contribution in [2.45, 2.75) is 57.9 Å². The number of hydrogen-bond acceptors (Lipinski definition) is 4. The lowest BCUT2D eigenvalue weighted by Crippen LogP contribution is -2.51. The Kier molecular flexibility index (Phi) is 5.71. The molecule has 1 aliphatic rings. The second kappa shape index (κ2) is 7.97. The van der Waals surface area contributed by atoms with Crippen molar-refractivity contribution in [3.8, 4) is 5.75 Å². The summed E-state index contributed by atoms with van der Waals surface area (Å²) in [7, 11) is 0. The molecule has 1 aliphatic carbocycles. The number of aliphatic hydroxyl groups is 1. The molecule has 3 atom stereocenters. The minimum Gasteiger partial charge on any atom is -0.488 e. The molecule has 1 saturated carbocycles. The number of ether oxygens (including phenoxy) is 1. The molecular weight excluding hydrogens is 321 g/mol. The number of rotatable bonds is 6. The van der Waals surface area contributed by atoms with Gasteiger partial charge in [-0.3, -0.25) is 4.68 Å². The summed E-state index contributed by atoms with van der Waals surface area (Å²) in [4.78, 5) is 0. The fourth-order valence-electron chi connectivity index (χ4n) is 3.44. The van der Waals surface area contributed by atoms with Crippen LogP contribution in [0.1, 0.15) is 30.7 Å². The highest BCUT2D eigenvalue weighted by Crippen LogP contribution is 2.24. The lowest BCUT2D eigenvalue weighted by atomic mass is 9.90. The van der Waals surface area contributed by atoms with E-state index in [-0.39, 0.29) is 18.0 Å². The monoisotopic (exact) mass is 347 g/mol. The molecule has 0 unspecified atom stereocenters. The summed E-state index contributed by atoms with van der Waals surface area (Å²) in [6.45, 7) is 5.54. The Bertz CT molecular complexity index is 686. The molecule has 0 spiro atoms. The van der Waals surface area contributed by atoms with Crippen molar-refractivity contribution >= 4 is 0 Å². The molecule has 2 N–H and O–H groups in total. The standard InChI is InChI=1S/C19H26FN3O2/c1-13-12-14(2)23(22-13)11-10-21-17-4-3-5-18(19(17)24)25-16-8-6-15(20)7-9-16/h6-9,12,17-19,21,24H,3-5,10-11H2,1-2H3/t17-,18+,19+/m0/s1. The van der Waals surface area contributed by atoms with Crippen LogP contribution in [-0.2, 0) is 6.54 Å². The van der Waals surface area contributed by atoms with Gasteiger partial charge in [-0.1, -0.05) is 0 Å². The molecule has 0 aliphatic heterocycles. The van der Waals surface area contributed by atoms with Crippen LogP contribution < -0.4 is 10.1 Å². The van der Waals surface area contributed by atoms with Gasteiger partial charge in [-0.15, -0.1) is 0 Å². The first-order chi connectivity index (χ1) is 12.0. The Morgan fingerprint density at radius 1 is 1.28 bits per heavy atom. The average molecular weight is 347 g/mol. The number of aromatic nitrogens is 2. The maximum Gasteiger partial charge on any atom is 0.126 e. The molecule has 0 bridgehead atoms. The van der Waals surface area contributed by atoms with E-state index in [1.165, 1.54) is 12.1 Å². The normalized spacial score (nSPS) is 23.6. The van der Waals surface area contributed by atoms with Gasteiger partial charge in [0.2, 0.25) is 0 Å². The first-order valence-corrected chi connectivity index (χ1v) is 8.87. The van der Waals surface area contributed by atoms with E-state index in [0.29, 0.717) is 5.75 Å². The smallest absolute Gasteiger partial charge is 0.126 e. The SMILES string of the molecule is Cc1cc(C)n(CCN[C@H]2CCC[C@@H](Oc3ccc(F)cc3)[C@@H]2O)n1. The third-order valence-corrected chi connectivity index (χ3v) is 4.73. The third kappa shape index (κ3) is 4.58. The summed E-state index contributed by atoms with van der Waals surface area (Å²) < 4.78 is 20.8. The zero-order valence-electron chi connectivity index (χ0n) is 14.8. The molecular formula is C19H26FN3O2. The number of nitrogens with one attached hydrogen (secondary N) is 1. The maximum atomic E-state index is 13.0. The fraction of sp³-hybridized carbons (Fsp3) is 0.526. The summed E-state index contributed by atoms with van der Waals surface area (Å²) in [5.41, 5.74) is 2.16. The first kappa shape index (κ1) is 17.9. The molecule has 0 amide bonds. The van der Waals surface area contributed by atoms with Gasteiger partial charge in [-0.25, -0.2) is 4.39 Å². The van der Waals surface area contributed by atoms with Gasteiger partial charge in [-0.2, -0.15) is 5.10 Å². The lowest BCUT2D eigenvalue weighted by molar-refractivity contribution is -0.0154. The second-order valence-corrected chi connectivity index (χ2v) is 6.74. The third-order valence-electron chi connectivity index (χ3n) is 4.73. The fourth-order valence-corrected chi connectivity index (χ4v) is 3.44. The van der Waals surface area contributed by atoms with E-state index in [4.69, 9.17) is 4.74 Å². The van der Waals surface area contributed by atoms with Crippen LogP contribution >= 0.6 is 0 Å². The molecule has 136 valence electrons. The summed E-state index contributed by atoms with van der Waals surface area (Å²) in [6.07, 6.45) is 1.85. The van der Waals surface area contributed by atoms with Gasteiger partial charge in [0.1, 0.15) is 23.8 Å². The van der Waals surface area contributed by atoms with Crippen molar-refractivity contribution in [2.24, 2.45) is 0 Å². The Labute approximate surface area is 147 Å². The number of benzene rings is 1. The van der Waals surface area contributed by atoms with E-state index in [1.54, 1.807) is 12.1 Å². The summed E-state index contributed by atoms with van der Waals surface area (Å²) in [6, 6.07) is 7.99. The van der Waals surface area contributed by atoms with Gasteiger partial charge in [0.15, 0.2) is 0 Å². The van der Waals surface area contributed by atoms with Crippen LogP contribution in [0.4, 0.5) is 4.39 Å². The molecule has 5 nitrogen and oxygen atoms in total. The lowest BCUT2D eigenvalue weighted by Gasteiger charge is -2.35. The van der Waals surface area contributed by atoms with E-state index < -0.39 is 6.10 Å². The van der Waals surface area contributed by atoms with Gasteiger partial charge in [0.05, 0.1) is 12.2 Å². The molecule has 0 radical (unpaired) electrons. The van der Waals surface area contributed by atoms with Crippen molar-refractivity contribution < 1.29 is 14.2 Å². The van der Waals surface area contributed by atoms with Crippen LogP contribution in [0.3, 0.4) is 0 Å². The van der Waals surface area contributed by atoms with Crippen LogP contribution in [0.15, 0.2) is 30.3 Å². The van der Waals surface area contributed by atoms with Crippen molar-refractivity contribution in [2.75, 3.05) is 6.54 Å². The number of aliphatic hydroxyl groups excluding tert-OH is 1. The van der Waals surface area contributed by atoms with Crippen LogP contribution in [0, 0.1) is 19.7 Å². The number of halogens is 1. The minimum absolute atomic E-state index is 0.00355. The molecule has 2 aromatic rings. The van der Waals surface area contributed by atoms with Crippen molar-refractivity contribution in [1.82, 2.24) is 15.1 Å². The zero-order chi connectivity index (χ0) is 17.8.